The minimum Gasteiger partial charge on any atom is -0.486 e. The second-order valence-electron chi connectivity index (χ2n) is 3.36. The lowest BCUT2D eigenvalue weighted by Crippen LogP contribution is -1.99. The van der Waals surface area contributed by atoms with E-state index >= 15 is 0 Å². The lowest BCUT2D eigenvalue weighted by Gasteiger charge is -2.07. The van der Waals surface area contributed by atoms with Gasteiger partial charge in [-0.25, -0.2) is 13.4 Å². The number of thiol groups is 1. The average Bonchev–Trinajstić information content (AvgIpc) is 2.38. The van der Waals surface area contributed by atoms with Crippen LogP contribution in [0.2, 0.25) is 0 Å². The molecule has 88 valence electrons. The monoisotopic (exact) mass is 249 g/mol. The quantitative estimate of drug-likeness (QED) is 0.837. The molecule has 2 aromatic rings. The first kappa shape index (κ1) is 11.6. The largest absolute Gasteiger partial charge is 0.486 e. The van der Waals surface area contributed by atoms with E-state index < -0.39 is 10.7 Å². The summed E-state index contributed by atoms with van der Waals surface area (Å²) in [5, 5.41) is -0.0292. The molecule has 2 rings (SSSR count). The molecule has 0 radical (unpaired) electrons. The maximum Gasteiger partial charge on any atom is 0.194 e. The summed E-state index contributed by atoms with van der Waals surface area (Å²) in [4.78, 5) is 3.77. The van der Waals surface area contributed by atoms with E-state index in [1.54, 1.807) is 12.1 Å². The number of pyridine rings is 1. The Morgan fingerprint density at radius 2 is 1.82 bits per heavy atom. The summed E-state index contributed by atoms with van der Waals surface area (Å²) in [5.74, 6) is 0.285. The normalized spacial score (nSPS) is 10.4. The lowest BCUT2D eigenvalue weighted by atomic mass is 10.2. The number of aromatic nitrogens is 1. The molecule has 1 heterocycles. The molecule has 0 unspecified atom stereocenters. The Hall–Kier alpha value is -1.88. The van der Waals surface area contributed by atoms with Crippen LogP contribution in [-0.4, -0.2) is 13.4 Å². The SMILES string of the molecule is O=[SH](=O)c1ncccc1OCc1ccccc1. The van der Waals surface area contributed by atoms with Crippen molar-refractivity contribution in [1.29, 1.82) is 0 Å². The highest BCUT2D eigenvalue weighted by Crippen LogP contribution is 2.17. The fourth-order valence-electron chi connectivity index (χ4n) is 1.37. The van der Waals surface area contributed by atoms with E-state index in [1.807, 2.05) is 30.3 Å². The number of hydrogen-bond donors (Lipinski definition) is 1. The zero-order valence-electron chi connectivity index (χ0n) is 8.95. The summed E-state index contributed by atoms with van der Waals surface area (Å²) >= 11 is 0. The van der Waals surface area contributed by atoms with Gasteiger partial charge in [0.05, 0.1) is 0 Å². The fraction of sp³-hybridized carbons (Fsp3) is 0.0833. The second kappa shape index (κ2) is 5.45. The molecule has 4 nitrogen and oxygen atoms in total. The number of benzene rings is 1. The van der Waals surface area contributed by atoms with Gasteiger partial charge >= 0.3 is 0 Å². The van der Waals surface area contributed by atoms with Gasteiger partial charge in [-0.15, -0.1) is 0 Å². The molecule has 17 heavy (non-hydrogen) atoms. The van der Waals surface area contributed by atoms with E-state index in [0.29, 0.717) is 6.61 Å². The Morgan fingerprint density at radius 3 is 2.53 bits per heavy atom. The van der Waals surface area contributed by atoms with Gasteiger partial charge in [0.1, 0.15) is 6.61 Å². The van der Waals surface area contributed by atoms with Crippen LogP contribution in [0.4, 0.5) is 0 Å². The highest BCUT2D eigenvalue weighted by molar-refractivity contribution is 7.72. The van der Waals surface area contributed by atoms with Gasteiger partial charge < -0.3 is 4.74 Å². The Bertz CT molecular complexity index is 559. The van der Waals surface area contributed by atoms with Crippen LogP contribution in [0.5, 0.6) is 5.75 Å². The van der Waals surface area contributed by atoms with Crippen molar-refractivity contribution in [3.05, 3.63) is 54.2 Å². The van der Waals surface area contributed by atoms with Gasteiger partial charge in [0.2, 0.25) is 0 Å². The number of nitrogens with zero attached hydrogens (tertiary/aromatic N) is 1. The summed E-state index contributed by atoms with van der Waals surface area (Å²) in [6.45, 7) is 0.322. The summed E-state index contributed by atoms with van der Waals surface area (Å²) in [7, 11) is -2.73. The van der Waals surface area contributed by atoms with Crippen LogP contribution in [-0.2, 0) is 17.3 Å². The van der Waals surface area contributed by atoms with Crippen molar-refractivity contribution < 1.29 is 13.2 Å². The van der Waals surface area contributed by atoms with Gasteiger partial charge in [0.15, 0.2) is 21.5 Å². The van der Waals surface area contributed by atoms with E-state index in [-0.39, 0.29) is 10.8 Å². The molecule has 1 aromatic carbocycles. The third-order valence-corrected chi connectivity index (χ3v) is 2.84. The van der Waals surface area contributed by atoms with Crippen molar-refractivity contribution in [3.63, 3.8) is 0 Å². The highest BCUT2D eigenvalue weighted by Gasteiger charge is 2.06. The van der Waals surface area contributed by atoms with Gasteiger partial charge in [0.25, 0.3) is 0 Å². The molecule has 0 aliphatic rings. The molecule has 0 N–H and O–H groups in total. The third kappa shape index (κ3) is 3.04. The van der Waals surface area contributed by atoms with Crippen molar-refractivity contribution >= 4 is 10.7 Å². The zero-order chi connectivity index (χ0) is 12.1. The van der Waals surface area contributed by atoms with Crippen molar-refractivity contribution in [2.45, 2.75) is 11.6 Å². The summed E-state index contributed by atoms with van der Waals surface area (Å²) < 4.78 is 27.3. The Kier molecular flexibility index (Phi) is 3.72. The molecule has 5 heteroatoms. The third-order valence-electron chi connectivity index (χ3n) is 2.16. The first-order chi connectivity index (χ1) is 8.27. The van der Waals surface area contributed by atoms with Gasteiger partial charge in [-0.1, -0.05) is 30.3 Å². The van der Waals surface area contributed by atoms with E-state index in [4.69, 9.17) is 4.74 Å². The molecule has 0 atom stereocenters. The molecule has 0 fully saturated rings. The minimum absolute atomic E-state index is 0.0292. The number of rotatable bonds is 4. The topological polar surface area (TPSA) is 56.3 Å². The minimum atomic E-state index is -2.73. The smallest absolute Gasteiger partial charge is 0.194 e. The first-order valence-electron chi connectivity index (χ1n) is 5.03. The molecule has 0 saturated carbocycles. The van der Waals surface area contributed by atoms with Crippen molar-refractivity contribution in [2.75, 3.05) is 0 Å². The summed E-state index contributed by atoms with van der Waals surface area (Å²) in [6.07, 6.45) is 1.43. The molecule has 0 spiro atoms. The molecular weight excluding hydrogens is 238 g/mol. The summed E-state index contributed by atoms with van der Waals surface area (Å²) in [5.41, 5.74) is 0.975. The predicted octanol–water partition coefficient (Wildman–Crippen LogP) is 1.63. The Morgan fingerprint density at radius 1 is 1.06 bits per heavy atom. The van der Waals surface area contributed by atoms with Crippen LogP contribution in [0, 0.1) is 0 Å². The van der Waals surface area contributed by atoms with E-state index in [0.717, 1.165) is 5.56 Å². The Balaban J connectivity index is 2.14. The number of hydrogen-bond acceptors (Lipinski definition) is 4. The molecule has 1 aromatic heterocycles. The Labute approximate surface area is 101 Å². The first-order valence-corrected chi connectivity index (χ1v) is 6.21. The highest BCUT2D eigenvalue weighted by atomic mass is 32.2. The molecule has 0 aliphatic heterocycles. The molecule has 0 amide bonds. The standard InChI is InChI=1S/C12H11NO3S/c14-17(15)12-11(7-4-8-13-12)16-9-10-5-2-1-3-6-10/h1-8,17H,9H2. The average molecular weight is 249 g/mol. The van der Waals surface area contributed by atoms with Crippen LogP contribution < -0.4 is 4.74 Å². The van der Waals surface area contributed by atoms with Crippen LogP contribution >= 0.6 is 0 Å². The summed E-state index contributed by atoms with van der Waals surface area (Å²) in [6, 6.07) is 12.8. The maximum atomic E-state index is 10.9. The van der Waals surface area contributed by atoms with Crippen molar-refractivity contribution in [2.24, 2.45) is 0 Å². The molecular formula is C12H11NO3S. The predicted molar refractivity (Wildman–Crippen MR) is 63.6 cm³/mol. The molecule has 0 bridgehead atoms. The van der Waals surface area contributed by atoms with E-state index in [2.05, 4.69) is 4.98 Å². The second-order valence-corrected chi connectivity index (χ2v) is 4.29. The van der Waals surface area contributed by atoms with Crippen molar-refractivity contribution in [1.82, 2.24) is 4.98 Å². The van der Waals surface area contributed by atoms with Gasteiger partial charge in [-0.05, 0) is 17.7 Å². The van der Waals surface area contributed by atoms with Crippen LogP contribution in [0.15, 0.2) is 53.7 Å². The van der Waals surface area contributed by atoms with Crippen LogP contribution in [0.3, 0.4) is 0 Å². The van der Waals surface area contributed by atoms with E-state index in [9.17, 15) is 8.42 Å². The van der Waals surface area contributed by atoms with Crippen LogP contribution in [0.1, 0.15) is 5.56 Å². The number of ether oxygens (including phenoxy) is 1. The van der Waals surface area contributed by atoms with Gasteiger partial charge in [-0.2, -0.15) is 0 Å². The van der Waals surface area contributed by atoms with Crippen molar-refractivity contribution in [3.8, 4) is 5.75 Å². The maximum absolute atomic E-state index is 10.9. The fourth-order valence-corrected chi connectivity index (χ4v) is 1.85. The lowest BCUT2D eigenvalue weighted by molar-refractivity contribution is 0.295. The molecule has 0 aliphatic carbocycles. The van der Waals surface area contributed by atoms with E-state index in [1.165, 1.54) is 6.20 Å². The van der Waals surface area contributed by atoms with Gasteiger partial charge in [0, 0.05) is 6.20 Å². The van der Waals surface area contributed by atoms with Gasteiger partial charge in [-0.3, -0.25) is 0 Å². The molecule has 0 saturated heterocycles. The zero-order valence-corrected chi connectivity index (χ0v) is 9.84. The van der Waals surface area contributed by atoms with Crippen LogP contribution in [0.25, 0.3) is 0 Å².